The number of hydrogen-bond donors (Lipinski definition) is 0. The standard InChI is InChI=1S/C67H45N5/c1-7-23-46(24-8-1)61-45-63(69-66(68-61)47-25-9-2-10-26-47)72-62-42-40-52(70(48-27-11-3-12-28-48)49-29-13-4-14-30-49)43-57(62)64-65(72)56-36-20-22-38-59(56)67(64)58-37-21-19-35-54(58)55-41-39-53(44-60(55)67)71(50-31-15-5-16-32-50)51-33-17-6-18-34-51/h1-45H. The first-order chi connectivity index (χ1) is 35.7. The molecule has 1 spiro atoms. The van der Waals surface area contributed by atoms with Crippen LogP contribution in [0.25, 0.3) is 61.8 Å². The molecular weight excluding hydrogens is 875 g/mol. The molecular formula is C67H45N5. The molecule has 0 radical (unpaired) electrons. The summed E-state index contributed by atoms with van der Waals surface area (Å²) in [6.45, 7) is 0. The molecule has 1 atom stereocenters. The maximum absolute atomic E-state index is 5.57. The number of anilines is 6. The zero-order chi connectivity index (χ0) is 47.6. The summed E-state index contributed by atoms with van der Waals surface area (Å²) in [5.41, 5.74) is 19.4. The molecule has 5 heteroatoms. The van der Waals surface area contributed by atoms with Gasteiger partial charge in [-0.05, 0) is 107 Å². The Balaban J connectivity index is 1.12. The third-order valence-electron chi connectivity index (χ3n) is 14.6. The lowest BCUT2D eigenvalue weighted by Crippen LogP contribution is -2.26. The van der Waals surface area contributed by atoms with Crippen molar-refractivity contribution in [3.8, 4) is 50.8 Å². The average molecular weight is 920 g/mol. The summed E-state index contributed by atoms with van der Waals surface area (Å²) < 4.78 is 2.43. The summed E-state index contributed by atoms with van der Waals surface area (Å²) in [6.07, 6.45) is 0. The molecule has 2 aliphatic rings. The molecule has 0 fully saturated rings. The highest BCUT2D eigenvalue weighted by molar-refractivity contribution is 6.07. The first-order valence-corrected chi connectivity index (χ1v) is 24.6. The van der Waals surface area contributed by atoms with E-state index in [0.717, 1.165) is 73.4 Å². The van der Waals surface area contributed by atoms with Gasteiger partial charge in [-0.25, -0.2) is 9.97 Å². The smallest absolute Gasteiger partial charge is 0.162 e. The van der Waals surface area contributed by atoms with E-state index in [4.69, 9.17) is 9.97 Å². The predicted molar refractivity (Wildman–Crippen MR) is 295 cm³/mol. The lowest BCUT2D eigenvalue weighted by Gasteiger charge is -2.32. The highest BCUT2D eigenvalue weighted by Crippen LogP contribution is 2.66. The lowest BCUT2D eigenvalue weighted by atomic mass is 9.70. The first-order valence-electron chi connectivity index (χ1n) is 24.6. The van der Waals surface area contributed by atoms with E-state index in [1.54, 1.807) is 0 Å². The molecule has 5 nitrogen and oxygen atoms in total. The summed E-state index contributed by atoms with van der Waals surface area (Å²) in [7, 11) is 0. The van der Waals surface area contributed by atoms with Crippen molar-refractivity contribution in [1.82, 2.24) is 14.5 Å². The summed E-state index contributed by atoms with van der Waals surface area (Å²) >= 11 is 0. The maximum Gasteiger partial charge on any atom is 0.162 e. The number of aromatic nitrogens is 3. The van der Waals surface area contributed by atoms with Gasteiger partial charge in [0.25, 0.3) is 0 Å². The summed E-state index contributed by atoms with van der Waals surface area (Å²) in [5.74, 6) is 1.47. The Morgan fingerprint density at radius 3 is 1.35 bits per heavy atom. The van der Waals surface area contributed by atoms with Crippen molar-refractivity contribution in [1.29, 1.82) is 0 Å². The monoisotopic (exact) mass is 919 g/mol. The van der Waals surface area contributed by atoms with Crippen molar-refractivity contribution < 1.29 is 0 Å². The van der Waals surface area contributed by atoms with E-state index in [0.29, 0.717) is 5.82 Å². The number of hydrogen-bond acceptors (Lipinski definition) is 4. The van der Waals surface area contributed by atoms with Gasteiger partial charge in [0.05, 0.1) is 22.3 Å². The third kappa shape index (κ3) is 6.41. The molecule has 14 rings (SSSR count). The van der Waals surface area contributed by atoms with Gasteiger partial charge in [0.1, 0.15) is 5.82 Å². The van der Waals surface area contributed by atoms with Crippen molar-refractivity contribution in [2.75, 3.05) is 9.80 Å². The minimum atomic E-state index is -0.725. The van der Waals surface area contributed by atoms with Gasteiger partial charge in [0.2, 0.25) is 0 Å². The van der Waals surface area contributed by atoms with Gasteiger partial charge in [0, 0.05) is 67.8 Å². The highest BCUT2D eigenvalue weighted by atomic mass is 15.2. The molecule has 0 saturated heterocycles. The van der Waals surface area contributed by atoms with Crippen molar-refractivity contribution >= 4 is 45.0 Å². The number of nitrogens with zero attached hydrogens (tertiary/aromatic N) is 5. The topological polar surface area (TPSA) is 37.2 Å². The molecule has 2 aliphatic carbocycles. The molecule has 338 valence electrons. The van der Waals surface area contributed by atoms with Crippen molar-refractivity contribution in [3.63, 3.8) is 0 Å². The first kappa shape index (κ1) is 41.4. The van der Waals surface area contributed by atoms with Crippen LogP contribution in [-0.2, 0) is 5.41 Å². The van der Waals surface area contributed by atoms with Crippen LogP contribution >= 0.6 is 0 Å². The van der Waals surface area contributed by atoms with Crippen LogP contribution in [-0.4, -0.2) is 14.5 Å². The maximum atomic E-state index is 5.57. The van der Waals surface area contributed by atoms with Crippen LogP contribution in [0.4, 0.5) is 34.1 Å². The zero-order valence-corrected chi connectivity index (χ0v) is 39.2. The van der Waals surface area contributed by atoms with E-state index < -0.39 is 5.41 Å². The largest absolute Gasteiger partial charge is 0.310 e. The minimum Gasteiger partial charge on any atom is -0.310 e. The van der Waals surface area contributed by atoms with Crippen molar-refractivity contribution in [2.24, 2.45) is 0 Å². The summed E-state index contributed by atoms with van der Waals surface area (Å²) in [6, 6.07) is 98.2. The predicted octanol–water partition coefficient (Wildman–Crippen LogP) is 17.0. The average Bonchev–Trinajstić information content (AvgIpc) is 4.08. The van der Waals surface area contributed by atoms with Gasteiger partial charge in [-0.3, -0.25) is 4.57 Å². The lowest BCUT2D eigenvalue weighted by molar-refractivity contribution is 0.801. The second-order valence-corrected chi connectivity index (χ2v) is 18.5. The number of para-hydroxylation sites is 4. The molecule has 72 heavy (non-hydrogen) atoms. The Kier molecular flexibility index (Phi) is 9.68. The number of fused-ring (bicyclic) bond motifs is 12. The van der Waals surface area contributed by atoms with Gasteiger partial charge in [-0.2, -0.15) is 0 Å². The van der Waals surface area contributed by atoms with E-state index in [2.05, 4.69) is 281 Å². The summed E-state index contributed by atoms with van der Waals surface area (Å²) in [5, 5.41) is 1.15. The van der Waals surface area contributed by atoms with Crippen LogP contribution in [0.15, 0.2) is 273 Å². The fourth-order valence-electron chi connectivity index (χ4n) is 11.6. The van der Waals surface area contributed by atoms with Crippen molar-refractivity contribution in [2.45, 2.75) is 5.41 Å². The van der Waals surface area contributed by atoms with E-state index in [9.17, 15) is 0 Å². The summed E-state index contributed by atoms with van der Waals surface area (Å²) in [4.78, 5) is 15.6. The Morgan fingerprint density at radius 1 is 0.333 bits per heavy atom. The molecule has 2 aromatic heterocycles. The Morgan fingerprint density at radius 2 is 0.778 bits per heavy atom. The number of rotatable bonds is 9. The fraction of sp³-hybridized carbons (Fsp3) is 0.0149. The van der Waals surface area contributed by atoms with Gasteiger partial charge in [-0.15, -0.1) is 0 Å². The molecule has 0 amide bonds. The highest BCUT2D eigenvalue weighted by Gasteiger charge is 2.54. The van der Waals surface area contributed by atoms with Crippen LogP contribution in [0.3, 0.4) is 0 Å². The van der Waals surface area contributed by atoms with E-state index in [1.807, 2.05) is 6.07 Å². The molecule has 0 aliphatic heterocycles. The molecule has 0 saturated carbocycles. The minimum absolute atomic E-state index is 0.669. The van der Waals surface area contributed by atoms with Crippen LogP contribution in [0.2, 0.25) is 0 Å². The normalized spacial score (nSPS) is 13.9. The van der Waals surface area contributed by atoms with E-state index in [1.165, 1.54) is 38.9 Å². The molecule has 2 heterocycles. The Bertz CT molecular complexity index is 3830. The SMILES string of the molecule is c1ccc(-c2cc(-n3c4c(c5cc(N(c6ccccc6)c6ccccc6)ccc53)C3(c5ccccc5-c5ccc(N(c6ccccc6)c6ccccc6)cc53)c3ccccc3-4)nc(-c3ccccc3)n2)cc1. The number of benzene rings is 10. The Labute approximate surface area is 418 Å². The van der Waals surface area contributed by atoms with Crippen LogP contribution in [0.5, 0.6) is 0 Å². The molecule has 0 bridgehead atoms. The second kappa shape index (κ2) is 16.8. The molecule has 0 N–H and O–H groups in total. The second-order valence-electron chi connectivity index (χ2n) is 18.5. The van der Waals surface area contributed by atoms with E-state index >= 15 is 0 Å². The fourth-order valence-corrected chi connectivity index (χ4v) is 11.6. The quantitative estimate of drug-likeness (QED) is 0.145. The van der Waals surface area contributed by atoms with Gasteiger partial charge in [-0.1, -0.05) is 188 Å². The van der Waals surface area contributed by atoms with Crippen LogP contribution in [0.1, 0.15) is 22.3 Å². The molecule has 10 aromatic carbocycles. The van der Waals surface area contributed by atoms with Crippen molar-refractivity contribution in [3.05, 3.63) is 295 Å². The molecule has 1 unspecified atom stereocenters. The van der Waals surface area contributed by atoms with Crippen LogP contribution < -0.4 is 9.80 Å². The zero-order valence-electron chi connectivity index (χ0n) is 39.2. The Hall–Kier alpha value is -9.58. The molecule has 12 aromatic rings. The van der Waals surface area contributed by atoms with Gasteiger partial charge in [0.15, 0.2) is 5.82 Å². The van der Waals surface area contributed by atoms with Crippen LogP contribution in [0, 0.1) is 0 Å². The van der Waals surface area contributed by atoms with Gasteiger partial charge < -0.3 is 9.80 Å². The van der Waals surface area contributed by atoms with E-state index in [-0.39, 0.29) is 0 Å². The van der Waals surface area contributed by atoms with Gasteiger partial charge >= 0.3 is 0 Å². The third-order valence-corrected chi connectivity index (χ3v) is 14.6.